The van der Waals surface area contributed by atoms with Crippen LogP contribution in [0.4, 0.5) is 8.78 Å². The fourth-order valence-corrected chi connectivity index (χ4v) is 0.957. The summed E-state index contributed by atoms with van der Waals surface area (Å²) in [5.41, 5.74) is -0.455. The first-order valence-electron chi connectivity index (χ1n) is 3.74. The molecule has 0 amide bonds. The van der Waals surface area contributed by atoms with Gasteiger partial charge in [-0.15, -0.1) is 0 Å². The van der Waals surface area contributed by atoms with E-state index in [4.69, 9.17) is 10.5 Å². The Balaban J connectivity index is 3.17. The maximum absolute atomic E-state index is 12.3. The quantitative estimate of drug-likeness (QED) is 0.721. The Morgan fingerprint density at radius 3 is 2.57 bits per heavy atom. The van der Waals surface area contributed by atoms with E-state index in [0.29, 0.717) is 0 Å². The Hall–Kier alpha value is -2.01. The van der Waals surface area contributed by atoms with Crippen molar-refractivity contribution in [1.29, 1.82) is 10.5 Å². The second-order valence-corrected chi connectivity index (χ2v) is 2.48. The molecular weight excluding hydrogens is 188 g/mol. The van der Waals surface area contributed by atoms with Gasteiger partial charge >= 0.3 is 0 Å². The molecule has 0 atom stereocenters. The van der Waals surface area contributed by atoms with Crippen molar-refractivity contribution in [3.05, 3.63) is 29.1 Å². The van der Waals surface area contributed by atoms with E-state index in [1.807, 2.05) is 0 Å². The second-order valence-electron chi connectivity index (χ2n) is 2.48. The highest BCUT2D eigenvalue weighted by Gasteiger charge is 2.15. The van der Waals surface area contributed by atoms with Crippen LogP contribution in [0.25, 0.3) is 0 Å². The van der Waals surface area contributed by atoms with Crippen LogP contribution < -0.4 is 0 Å². The maximum atomic E-state index is 12.3. The molecule has 1 aromatic heterocycles. The lowest BCUT2D eigenvalue weighted by Crippen LogP contribution is -1.99. The standard InChI is InChI=1S/C9H5F2N3/c10-9(11)8-6(5-13)1-2-7(14-8)3-4-12/h1-2,9H,3H2. The molecule has 0 aliphatic rings. The number of pyridine rings is 1. The number of nitriles is 2. The Labute approximate surface area is 79.2 Å². The lowest BCUT2D eigenvalue weighted by atomic mass is 10.2. The molecule has 70 valence electrons. The van der Waals surface area contributed by atoms with E-state index in [1.165, 1.54) is 12.1 Å². The number of hydrogen-bond acceptors (Lipinski definition) is 3. The van der Waals surface area contributed by atoms with Gasteiger partial charge in [0, 0.05) is 0 Å². The van der Waals surface area contributed by atoms with Crippen molar-refractivity contribution in [1.82, 2.24) is 4.98 Å². The average molecular weight is 193 g/mol. The van der Waals surface area contributed by atoms with Gasteiger partial charge in [-0.25, -0.2) is 13.8 Å². The highest BCUT2D eigenvalue weighted by atomic mass is 19.3. The summed E-state index contributed by atoms with van der Waals surface area (Å²) >= 11 is 0. The van der Waals surface area contributed by atoms with Crippen LogP contribution in [0.15, 0.2) is 12.1 Å². The summed E-state index contributed by atoms with van der Waals surface area (Å²) in [4.78, 5) is 3.54. The first-order chi connectivity index (χ1) is 6.69. The van der Waals surface area contributed by atoms with Crippen LogP contribution in [0.3, 0.4) is 0 Å². The molecule has 14 heavy (non-hydrogen) atoms. The third-order valence-corrected chi connectivity index (χ3v) is 1.57. The molecule has 1 aromatic rings. The largest absolute Gasteiger partial charge is 0.281 e. The van der Waals surface area contributed by atoms with Gasteiger partial charge in [0.2, 0.25) is 0 Å². The molecule has 0 saturated heterocycles. The van der Waals surface area contributed by atoms with E-state index in [0.717, 1.165) is 0 Å². The SMILES string of the molecule is N#CCc1ccc(C#N)c(C(F)F)n1. The Kier molecular flexibility index (Phi) is 3.09. The third-order valence-electron chi connectivity index (χ3n) is 1.57. The van der Waals surface area contributed by atoms with Crippen LogP contribution in [0, 0.1) is 22.7 Å². The zero-order chi connectivity index (χ0) is 10.6. The third kappa shape index (κ3) is 2.02. The molecule has 0 aliphatic carbocycles. The van der Waals surface area contributed by atoms with Crippen molar-refractivity contribution < 1.29 is 8.78 Å². The minimum atomic E-state index is -2.79. The van der Waals surface area contributed by atoms with Gasteiger partial charge in [0.25, 0.3) is 6.43 Å². The molecule has 1 rings (SSSR count). The van der Waals surface area contributed by atoms with Crippen LogP contribution in [0.1, 0.15) is 23.4 Å². The molecule has 0 spiro atoms. The minimum absolute atomic E-state index is 0.0363. The zero-order valence-corrected chi connectivity index (χ0v) is 7.04. The van der Waals surface area contributed by atoms with E-state index >= 15 is 0 Å². The summed E-state index contributed by atoms with van der Waals surface area (Å²) in [6, 6.07) is 6.07. The predicted molar refractivity (Wildman–Crippen MR) is 43.2 cm³/mol. The van der Waals surface area contributed by atoms with E-state index in [-0.39, 0.29) is 17.7 Å². The number of hydrogen-bond donors (Lipinski definition) is 0. The number of nitrogens with zero attached hydrogens (tertiary/aromatic N) is 3. The summed E-state index contributed by atoms with van der Waals surface area (Å²) in [7, 11) is 0. The molecule has 1 heterocycles. The normalized spacial score (nSPS) is 9.50. The summed E-state index contributed by atoms with van der Waals surface area (Å²) in [6.07, 6.45) is -2.82. The van der Waals surface area contributed by atoms with Crippen molar-refractivity contribution in [3.63, 3.8) is 0 Å². The van der Waals surface area contributed by atoms with Crippen LogP contribution in [-0.2, 0) is 6.42 Å². The van der Waals surface area contributed by atoms with Gasteiger partial charge in [0.1, 0.15) is 11.8 Å². The summed E-state index contributed by atoms with van der Waals surface area (Å²) in [5, 5.41) is 16.8. The molecular formula is C9H5F2N3. The van der Waals surface area contributed by atoms with Gasteiger partial charge in [0.05, 0.1) is 23.7 Å². The molecule has 0 aliphatic heterocycles. The number of rotatable bonds is 2. The first-order valence-corrected chi connectivity index (χ1v) is 3.74. The van der Waals surface area contributed by atoms with Crippen molar-refractivity contribution in [2.45, 2.75) is 12.8 Å². The van der Waals surface area contributed by atoms with Gasteiger partial charge in [-0.1, -0.05) is 0 Å². The molecule has 0 saturated carbocycles. The molecule has 0 aromatic carbocycles. The average Bonchev–Trinajstić information content (AvgIpc) is 2.18. The first kappa shape index (κ1) is 10.1. The van der Waals surface area contributed by atoms with Crippen LogP contribution >= 0.6 is 0 Å². The van der Waals surface area contributed by atoms with Gasteiger partial charge in [0.15, 0.2) is 0 Å². The Morgan fingerprint density at radius 1 is 1.36 bits per heavy atom. The Bertz CT molecular complexity index is 415. The lowest BCUT2D eigenvalue weighted by Gasteiger charge is -2.02. The highest BCUT2D eigenvalue weighted by Crippen LogP contribution is 2.20. The highest BCUT2D eigenvalue weighted by molar-refractivity contribution is 5.35. The summed E-state index contributed by atoms with van der Waals surface area (Å²) in [5.74, 6) is 0. The fraction of sp³-hybridized carbons (Fsp3) is 0.222. The molecule has 5 heteroatoms. The topological polar surface area (TPSA) is 60.5 Å². The zero-order valence-electron chi connectivity index (χ0n) is 7.04. The minimum Gasteiger partial charge on any atom is -0.249 e. The molecule has 0 bridgehead atoms. The summed E-state index contributed by atoms with van der Waals surface area (Å²) in [6.45, 7) is 0. The van der Waals surface area contributed by atoms with E-state index in [1.54, 1.807) is 12.1 Å². The number of alkyl halides is 2. The van der Waals surface area contributed by atoms with Crippen molar-refractivity contribution in [3.8, 4) is 12.1 Å². The van der Waals surface area contributed by atoms with Crippen molar-refractivity contribution in [2.75, 3.05) is 0 Å². The second kappa shape index (κ2) is 4.29. The predicted octanol–water partition coefficient (Wildman–Crippen LogP) is 1.96. The molecule has 3 nitrogen and oxygen atoms in total. The number of aromatic nitrogens is 1. The van der Waals surface area contributed by atoms with Crippen LogP contribution in [-0.4, -0.2) is 4.98 Å². The van der Waals surface area contributed by atoms with Gasteiger partial charge in [-0.3, -0.25) is 0 Å². The molecule has 0 radical (unpaired) electrons. The van der Waals surface area contributed by atoms with E-state index in [9.17, 15) is 8.78 Å². The monoisotopic (exact) mass is 193 g/mol. The number of halogens is 2. The van der Waals surface area contributed by atoms with E-state index < -0.39 is 12.1 Å². The van der Waals surface area contributed by atoms with Crippen LogP contribution in [0.2, 0.25) is 0 Å². The van der Waals surface area contributed by atoms with E-state index in [2.05, 4.69) is 4.98 Å². The Morgan fingerprint density at radius 2 is 2.07 bits per heavy atom. The van der Waals surface area contributed by atoms with Gasteiger partial charge in [-0.2, -0.15) is 10.5 Å². The van der Waals surface area contributed by atoms with Gasteiger partial charge < -0.3 is 0 Å². The van der Waals surface area contributed by atoms with Gasteiger partial charge in [-0.05, 0) is 12.1 Å². The van der Waals surface area contributed by atoms with Crippen molar-refractivity contribution in [2.24, 2.45) is 0 Å². The van der Waals surface area contributed by atoms with Crippen LogP contribution in [0.5, 0.6) is 0 Å². The summed E-state index contributed by atoms with van der Waals surface area (Å²) < 4.78 is 24.7. The van der Waals surface area contributed by atoms with Crippen molar-refractivity contribution >= 4 is 0 Å². The maximum Gasteiger partial charge on any atom is 0.281 e. The molecule has 0 N–H and O–H groups in total. The lowest BCUT2D eigenvalue weighted by molar-refractivity contribution is 0.145. The molecule has 0 fully saturated rings. The molecule has 0 unspecified atom stereocenters. The fourth-order valence-electron chi connectivity index (χ4n) is 0.957. The smallest absolute Gasteiger partial charge is 0.249 e.